The molecular weight excluding hydrogens is 394 g/mol. The van der Waals surface area contributed by atoms with E-state index in [2.05, 4.69) is 46.8 Å². The fraction of sp³-hybridized carbons (Fsp3) is 0.158. The van der Waals surface area contributed by atoms with Crippen LogP contribution in [-0.4, -0.2) is 27.8 Å². The summed E-state index contributed by atoms with van der Waals surface area (Å²) in [5, 5.41) is 14.9. The Morgan fingerprint density at radius 1 is 1.04 bits per heavy atom. The van der Waals surface area contributed by atoms with E-state index in [1.807, 2.05) is 6.07 Å². The molecule has 0 bridgehead atoms. The van der Waals surface area contributed by atoms with E-state index >= 15 is 0 Å². The van der Waals surface area contributed by atoms with E-state index in [1.54, 1.807) is 24.3 Å². The second-order valence-corrected chi connectivity index (χ2v) is 8.28. The molecule has 0 saturated carbocycles. The number of nitrogens with one attached hydrogen (secondary N) is 2. The first-order chi connectivity index (χ1) is 13.4. The molecular formula is C19H19N5O2S2. The molecule has 0 fully saturated rings. The first-order valence-electron chi connectivity index (χ1n) is 8.41. The largest absolute Gasteiger partial charge is 0.366 e. The number of nitrogens with zero attached hydrogens (tertiary/aromatic N) is 2. The monoisotopic (exact) mass is 413 g/mol. The number of carbonyl (C=O) groups excluding carboxylic acids is 2. The van der Waals surface area contributed by atoms with Gasteiger partial charge >= 0.3 is 0 Å². The quantitative estimate of drug-likeness (QED) is 0.509. The summed E-state index contributed by atoms with van der Waals surface area (Å²) < 4.78 is 0.700. The summed E-state index contributed by atoms with van der Waals surface area (Å²) >= 11 is 2.70. The lowest BCUT2D eigenvalue weighted by molar-refractivity contribution is -0.113. The van der Waals surface area contributed by atoms with E-state index < -0.39 is 5.91 Å². The standard InChI is InChI=1S/C19H19N5O2S2/c1-11-3-6-15(9-12(11)2)22-18-23-24-19(28-18)27-10-16(25)21-14-7-4-13(5-8-14)17(20)26/h3-9H,10H2,1-2H3,(H2,20,26)(H,21,25)(H,22,23). The molecule has 2 aromatic carbocycles. The van der Waals surface area contributed by atoms with Gasteiger partial charge in [-0.1, -0.05) is 29.2 Å². The van der Waals surface area contributed by atoms with Crippen LogP contribution in [0.25, 0.3) is 0 Å². The maximum atomic E-state index is 12.1. The molecule has 28 heavy (non-hydrogen) atoms. The Hall–Kier alpha value is -2.91. The van der Waals surface area contributed by atoms with Crippen LogP contribution in [-0.2, 0) is 4.79 Å². The van der Waals surface area contributed by atoms with Crippen molar-refractivity contribution in [1.29, 1.82) is 0 Å². The second-order valence-electron chi connectivity index (χ2n) is 6.08. The Kier molecular flexibility index (Phi) is 6.27. The number of rotatable bonds is 7. The maximum absolute atomic E-state index is 12.1. The smallest absolute Gasteiger partial charge is 0.248 e. The normalized spacial score (nSPS) is 10.5. The fourth-order valence-corrected chi connectivity index (χ4v) is 3.88. The molecule has 3 aromatic rings. The molecule has 3 rings (SSSR count). The third kappa shape index (κ3) is 5.30. The van der Waals surface area contributed by atoms with Gasteiger partial charge in [-0.2, -0.15) is 0 Å². The average Bonchev–Trinajstić information content (AvgIpc) is 3.11. The van der Waals surface area contributed by atoms with Crippen LogP contribution in [0.2, 0.25) is 0 Å². The molecule has 144 valence electrons. The number of benzene rings is 2. The van der Waals surface area contributed by atoms with Gasteiger partial charge in [-0.3, -0.25) is 9.59 Å². The lowest BCUT2D eigenvalue weighted by Crippen LogP contribution is -2.14. The lowest BCUT2D eigenvalue weighted by Gasteiger charge is -2.05. The Morgan fingerprint density at radius 2 is 1.75 bits per heavy atom. The highest BCUT2D eigenvalue weighted by molar-refractivity contribution is 8.01. The molecule has 1 heterocycles. The van der Waals surface area contributed by atoms with Gasteiger partial charge in [-0.25, -0.2) is 0 Å². The zero-order valence-electron chi connectivity index (χ0n) is 15.4. The zero-order chi connectivity index (χ0) is 20.1. The highest BCUT2D eigenvalue weighted by Gasteiger charge is 2.09. The van der Waals surface area contributed by atoms with Crippen LogP contribution in [0.3, 0.4) is 0 Å². The minimum atomic E-state index is -0.505. The minimum absolute atomic E-state index is 0.171. The second kappa shape index (κ2) is 8.85. The van der Waals surface area contributed by atoms with Crippen LogP contribution in [0.15, 0.2) is 46.8 Å². The number of anilines is 3. The van der Waals surface area contributed by atoms with Gasteiger partial charge in [0.15, 0.2) is 4.34 Å². The van der Waals surface area contributed by atoms with Gasteiger partial charge in [0, 0.05) is 16.9 Å². The van der Waals surface area contributed by atoms with Gasteiger partial charge in [0.05, 0.1) is 5.75 Å². The van der Waals surface area contributed by atoms with Crippen molar-refractivity contribution in [3.8, 4) is 0 Å². The van der Waals surface area contributed by atoms with Crippen LogP contribution in [0.5, 0.6) is 0 Å². The number of aryl methyl sites for hydroxylation is 2. The molecule has 0 spiro atoms. The number of primary amides is 1. The van der Waals surface area contributed by atoms with Gasteiger partial charge < -0.3 is 16.4 Å². The lowest BCUT2D eigenvalue weighted by atomic mass is 10.1. The van der Waals surface area contributed by atoms with Gasteiger partial charge in [0.25, 0.3) is 0 Å². The van der Waals surface area contributed by atoms with Crippen molar-refractivity contribution in [2.24, 2.45) is 5.73 Å². The molecule has 0 aliphatic carbocycles. The summed E-state index contributed by atoms with van der Waals surface area (Å²) in [6.45, 7) is 4.12. The molecule has 0 saturated heterocycles. The Bertz CT molecular complexity index is 1000. The number of amides is 2. The highest BCUT2D eigenvalue weighted by atomic mass is 32.2. The summed E-state index contributed by atoms with van der Waals surface area (Å²) in [4.78, 5) is 23.1. The van der Waals surface area contributed by atoms with E-state index in [-0.39, 0.29) is 11.7 Å². The van der Waals surface area contributed by atoms with Crippen LogP contribution in [0.1, 0.15) is 21.5 Å². The summed E-state index contributed by atoms with van der Waals surface area (Å²) in [5.41, 5.74) is 9.57. The number of aromatic nitrogens is 2. The first-order valence-corrected chi connectivity index (χ1v) is 10.2. The third-order valence-corrected chi connectivity index (χ3v) is 5.92. The predicted molar refractivity (Wildman–Crippen MR) is 113 cm³/mol. The maximum Gasteiger partial charge on any atom is 0.248 e. The van der Waals surface area contributed by atoms with E-state index in [1.165, 1.54) is 34.2 Å². The van der Waals surface area contributed by atoms with Gasteiger partial charge in [0.1, 0.15) is 0 Å². The highest BCUT2D eigenvalue weighted by Crippen LogP contribution is 2.28. The van der Waals surface area contributed by atoms with Crippen molar-refractivity contribution in [3.05, 3.63) is 59.2 Å². The van der Waals surface area contributed by atoms with Crippen molar-refractivity contribution in [2.45, 2.75) is 18.2 Å². The molecule has 1 aromatic heterocycles. The Labute approximate surface area is 170 Å². The summed E-state index contributed by atoms with van der Waals surface area (Å²) in [6.07, 6.45) is 0. The van der Waals surface area contributed by atoms with Crippen molar-refractivity contribution < 1.29 is 9.59 Å². The van der Waals surface area contributed by atoms with Crippen molar-refractivity contribution in [2.75, 3.05) is 16.4 Å². The number of thioether (sulfide) groups is 1. The first kappa shape index (κ1) is 19.8. The fourth-order valence-electron chi connectivity index (χ4n) is 2.30. The summed E-state index contributed by atoms with van der Waals surface area (Å²) in [5.74, 6) is -0.471. The number of hydrogen-bond acceptors (Lipinski definition) is 7. The molecule has 4 N–H and O–H groups in total. The Morgan fingerprint density at radius 3 is 2.43 bits per heavy atom. The van der Waals surface area contributed by atoms with Crippen molar-refractivity contribution in [1.82, 2.24) is 10.2 Å². The molecule has 0 atom stereocenters. The Balaban J connectivity index is 1.51. The summed E-state index contributed by atoms with van der Waals surface area (Å²) in [6, 6.07) is 12.5. The molecule has 2 amide bonds. The number of carbonyl (C=O) groups is 2. The van der Waals surface area contributed by atoms with E-state index in [4.69, 9.17) is 5.73 Å². The molecule has 9 heteroatoms. The average molecular weight is 414 g/mol. The minimum Gasteiger partial charge on any atom is -0.366 e. The van der Waals surface area contributed by atoms with Gasteiger partial charge in [0.2, 0.25) is 16.9 Å². The van der Waals surface area contributed by atoms with E-state index in [9.17, 15) is 9.59 Å². The van der Waals surface area contributed by atoms with Crippen LogP contribution in [0, 0.1) is 13.8 Å². The van der Waals surface area contributed by atoms with Gasteiger partial charge in [-0.05, 0) is 61.4 Å². The van der Waals surface area contributed by atoms with Crippen molar-refractivity contribution >= 4 is 51.4 Å². The molecule has 0 aliphatic rings. The van der Waals surface area contributed by atoms with E-state index in [0.29, 0.717) is 20.7 Å². The number of nitrogens with two attached hydrogens (primary N) is 1. The SMILES string of the molecule is Cc1ccc(Nc2nnc(SCC(=O)Nc3ccc(C(N)=O)cc3)s2)cc1C. The summed E-state index contributed by atoms with van der Waals surface area (Å²) in [7, 11) is 0. The molecule has 0 radical (unpaired) electrons. The zero-order valence-corrected chi connectivity index (χ0v) is 17.0. The van der Waals surface area contributed by atoms with Crippen LogP contribution >= 0.6 is 23.1 Å². The van der Waals surface area contributed by atoms with Crippen LogP contribution < -0.4 is 16.4 Å². The van der Waals surface area contributed by atoms with E-state index in [0.717, 1.165) is 5.69 Å². The molecule has 7 nitrogen and oxygen atoms in total. The van der Waals surface area contributed by atoms with Crippen LogP contribution in [0.4, 0.5) is 16.5 Å². The molecule has 0 aliphatic heterocycles. The van der Waals surface area contributed by atoms with Gasteiger partial charge in [-0.15, -0.1) is 10.2 Å². The predicted octanol–water partition coefficient (Wildman–Crippen LogP) is 3.73. The van der Waals surface area contributed by atoms with Crippen molar-refractivity contribution in [3.63, 3.8) is 0 Å². The molecule has 0 unspecified atom stereocenters. The topological polar surface area (TPSA) is 110 Å². The number of hydrogen-bond donors (Lipinski definition) is 3. The third-order valence-electron chi connectivity index (χ3n) is 3.94.